The molecule has 1 N–H and O–H groups in total. The van der Waals surface area contributed by atoms with Crippen molar-refractivity contribution in [2.75, 3.05) is 18.4 Å². The monoisotopic (exact) mass is 407 g/mol. The molecule has 2 amide bonds. The van der Waals surface area contributed by atoms with Crippen LogP contribution in [0.5, 0.6) is 11.5 Å². The lowest BCUT2D eigenvalue weighted by Crippen LogP contribution is -2.44. The van der Waals surface area contributed by atoms with Gasteiger partial charge in [0.1, 0.15) is 11.5 Å². The Kier molecular flexibility index (Phi) is 6.02. The van der Waals surface area contributed by atoms with Gasteiger partial charge in [0.25, 0.3) is 0 Å². The molecule has 1 aromatic heterocycles. The first-order valence-corrected chi connectivity index (χ1v) is 10.8. The van der Waals surface area contributed by atoms with Gasteiger partial charge in [0.15, 0.2) is 0 Å². The van der Waals surface area contributed by atoms with E-state index in [0.717, 1.165) is 61.6 Å². The first-order valence-electron chi connectivity index (χ1n) is 10.8. The van der Waals surface area contributed by atoms with E-state index >= 15 is 0 Å². The van der Waals surface area contributed by atoms with E-state index in [9.17, 15) is 9.59 Å². The van der Waals surface area contributed by atoms with Crippen LogP contribution in [0.15, 0.2) is 36.4 Å². The molecule has 4 rings (SSSR count). The minimum absolute atomic E-state index is 0.101. The number of nitrogens with one attached hydrogen (secondary N) is 1. The Morgan fingerprint density at radius 2 is 1.83 bits per heavy atom. The summed E-state index contributed by atoms with van der Waals surface area (Å²) in [6.07, 6.45) is 5.32. The van der Waals surface area contributed by atoms with E-state index in [1.54, 1.807) is 0 Å². The summed E-state index contributed by atoms with van der Waals surface area (Å²) in [5.74, 6) is 2.16. The van der Waals surface area contributed by atoms with E-state index < -0.39 is 0 Å². The molecule has 1 aromatic carbocycles. The average Bonchev–Trinajstić information content (AvgIpc) is 2.67. The lowest BCUT2D eigenvalue weighted by molar-refractivity contribution is -0.139. The summed E-state index contributed by atoms with van der Waals surface area (Å²) in [5, 5.41) is 2.75. The molecule has 2 heterocycles. The minimum Gasteiger partial charge on any atom is -0.457 e. The van der Waals surface area contributed by atoms with Crippen LogP contribution < -0.4 is 10.1 Å². The largest absolute Gasteiger partial charge is 0.457 e. The van der Waals surface area contributed by atoms with Crippen LogP contribution in [0, 0.1) is 12.8 Å². The summed E-state index contributed by atoms with van der Waals surface area (Å²) in [4.78, 5) is 30.6. The molecule has 1 unspecified atom stereocenters. The third-order valence-corrected chi connectivity index (χ3v) is 5.96. The standard InChI is InChI=1S/C24H29N3O3/c1-16-13-22(30-21-10-8-20(9-11-21)26-17(2)28)14-23(25-16)19-7-4-12-27(15-19)24(29)18-5-3-6-18/h8-11,13-14,18-19H,3-7,12,15H2,1-2H3,(H,26,28). The normalized spacial score (nSPS) is 19.1. The van der Waals surface area contributed by atoms with Crippen molar-refractivity contribution in [2.24, 2.45) is 5.92 Å². The van der Waals surface area contributed by atoms with Crippen LogP contribution in [0.3, 0.4) is 0 Å². The molecule has 1 aliphatic heterocycles. The van der Waals surface area contributed by atoms with Gasteiger partial charge < -0.3 is 15.0 Å². The van der Waals surface area contributed by atoms with Crippen molar-refractivity contribution >= 4 is 17.5 Å². The maximum Gasteiger partial charge on any atom is 0.225 e. The fraction of sp³-hybridized carbons (Fsp3) is 0.458. The number of likely N-dealkylation sites (tertiary alicyclic amines) is 1. The quantitative estimate of drug-likeness (QED) is 0.783. The number of aryl methyl sites for hydroxylation is 1. The van der Waals surface area contributed by atoms with Crippen molar-refractivity contribution in [3.63, 3.8) is 0 Å². The highest BCUT2D eigenvalue weighted by Gasteiger charge is 2.33. The molecule has 6 nitrogen and oxygen atoms in total. The number of benzene rings is 1. The SMILES string of the molecule is CC(=O)Nc1ccc(Oc2cc(C)nc(C3CCCN(C(=O)C4CCC4)C3)c2)cc1. The third kappa shape index (κ3) is 4.81. The molecule has 2 aromatic rings. The lowest BCUT2D eigenvalue weighted by Gasteiger charge is -2.37. The van der Waals surface area contributed by atoms with Crippen LogP contribution in [-0.2, 0) is 9.59 Å². The van der Waals surface area contributed by atoms with Gasteiger partial charge in [0.2, 0.25) is 11.8 Å². The van der Waals surface area contributed by atoms with Crippen molar-refractivity contribution in [2.45, 2.75) is 51.9 Å². The first-order chi connectivity index (χ1) is 14.5. The van der Waals surface area contributed by atoms with Gasteiger partial charge in [-0.3, -0.25) is 14.6 Å². The van der Waals surface area contributed by atoms with Gasteiger partial charge in [-0.05, 0) is 56.9 Å². The van der Waals surface area contributed by atoms with Crippen molar-refractivity contribution in [3.05, 3.63) is 47.8 Å². The van der Waals surface area contributed by atoms with Crippen LogP contribution in [0.25, 0.3) is 0 Å². The number of hydrogen-bond donors (Lipinski definition) is 1. The predicted octanol–water partition coefficient (Wildman–Crippen LogP) is 4.65. The zero-order chi connectivity index (χ0) is 21.1. The predicted molar refractivity (Wildman–Crippen MR) is 116 cm³/mol. The van der Waals surface area contributed by atoms with Crippen molar-refractivity contribution in [1.82, 2.24) is 9.88 Å². The number of carbonyl (C=O) groups is 2. The molecular weight excluding hydrogens is 378 g/mol. The number of aromatic nitrogens is 1. The summed E-state index contributed by atoms with van der Waals surface area (Å²) in [5.41, 5.74) is 2.63. The molecule has 1 atom stereocenters. The highest BCUT2D eigenvalue weighted by atomic mass is 16.5. The van der Waals surface area contributed by atoms with Gasteiger partial charge in [-0.1, -0.05) is 6.42 Å². The van der Waals surface area contributed by atoms with Gasteiger partial charge in [0, 0.05) is 61.1 Å². The zero-order valence-corrected chi connectivity index (χ0v) is 17.7. The first kappa shape index (κ1) is 20.4. The molecule has 0 bridgehead atoms. The molecule has 158 valence electrons. The molecule has 30 heavy (non-hydrogen) atoms. The molecule has 0 spiro atoms. The molecule has 2 fully saturated rings. The maximum atomic E-state index is 12.7. The van der Waals surface area contributed by atoms with Crippen LogP contribution in [0.4, 0.5) is 5.69 Å². The van der Waals surface area contributed by atoms with Gasteiger partial charge in [-0.2, -0.15) is 0 Å². The molecule has 1 aliphatic carbocycles. The zero-order valence-electron chi connectivity index (χ0n) is 17.7. The summed E-state index contributed by atoms with van der Waals surface area (Å²) >= 11 is 0. The molecule has 2 aliphatic rings. The number of nitrogens with zero attached hydrogens (tertiary/aromatic N) is 2. The molecule has 6 heteroatoms. The number of anilines is 1. The number of amides is 2. The summed E-state index contributed by atoms with van der Waals surface area (Å²) in [6, 6.07) is 11.2. The van der Waals surface area contributed by atoms with Crippen LogP contribution >= 0.6 is 0 Å². The molecule has 1 saturated heterocycles. The van der Waals surface area contributed by atoms with E-state index in [-0.39, 0.29) is 17.7 Å². The Morgan fingerprint density at radius 1 is 1.07 bits per heavy atom. The lowest BCUT2D eigenvalue weighted by atomic mass is 9.83. The highest BCUT2D eigenvalue weighted by molar-refractivity contribution is 5.88. The number of rotatable bonds is 5. The second kappa shape index (κ2) is 8.86. The Bertz CT molecular complexity index is 922. The molecule has 1 saturated carbocycles. The second-order valence-corrected chi connectivity index (χ2v) is 8.43. The average molecular weight is 408 g/mol. The number of ether oxygens (including phenoxy) is 1. The Morgan fingerprint density at radius 3 is 2.50 bits per heavy atom. The van der Waals surface area contributed by atoms with Gasteiger partial charge in [-0.25, -0.2) is 0 Å². The second-order valence-electron chi connectivity index (χ2n) is 8.43. The number of carbonyl (C=O) groups excluding carboxylic acids is 2. The fourth-order valence-corrected chi connectivity index (χ4v) is 4.21. The summed E-state index contributed by atoms with van der Waals surface area (Å²) in [6.45, 7) is 5.06. The number of piperidine rings is 1. The van der Waals surface area contributed by atoms with E-state index in [1.807, 2.05) is 48.2 Å². The van der Waals surface area contributed by atoms with Crippen LogP contribution in [-0.4, -0.2) is 34.8 Å². The number of hydrogen-bond acceptors (Lipinski definition) is 4. The van der Waals surface area contributed by atoms with Crippen molar-refractivity contribution in [1.29, 1.82) is 0 Å². The Labute approximate surface area is 177 Å². The van der Waals surface area contributed by atoms with Crippen LogP contribution in [0.2, 0.25) is 0 Å². The van der Waals surface area contributed by atoms with Crippen molar-refractivity contribution < 1.29 is 14.3 Å². The van der Waals surface area contributed by atoms with Gasteiger partial charge >= 0.3 is 0 Å². The van der Waals surface area contributed by atoms with E-state index in [1.165, 1.54) is 13.3 Å². The van der Waals surface area contributed by atoms with E-state index in [0.29, 0.717) is 11.7 Å². The van der Waals surface area contributed by atoms with Gasteiger partial charge in [-0.15, -0.1) is 0 Å². The topological polar surface area (TPSA) is 71.5 Å². The smallest absolute Gasteiger partial charge is 0.225 e. The van der Waals surface area contributed by atoms with Crippen LogP contribution in [0.1, 0.15) is 56.3 Å². The van der Waals surface area contributed by atoms with Gasteiger partial charge in [0.05, 0.1) is 0 Å². The minimum atomic E-state index is -0.101. The summed E-state index contributed by atoms with van der Waals surface area (Å²) in [7, 11) is 0. The maximum absolute atomic E-state index is 12.7. The molecular formula is C24H29N3O3. The van der Waals surface area contributed by atoms with E-state index in [2.05, 4.69) is 5.32 Å². The fourth-order valence-electron chi connectivity index (χ4n) is 4.21. The van der Waals surface area contributed by atoms with E-state index in [4.69, 9.17) is 9.72 Å². The molecule has 0 radical (unpaired) electrons. The summed E-state index contributed by atoms with van der Waals surface area (Å²) < 4.78 is 6.06. The number of pyridine rings is 1. The highest BCUT2D eigenvalue weighted by Crippen LogP contribution is 2.34. The Balaban J connectivity index is 1.46. The third-order valence-electron chi connectivity index (χ3n) is 5.96. The van der Waals surface area contributed by atoms with Crippen molar-refractivity contribution in [3.8, 4) is 11.5 Å². The Hall–Kier alpha value is -2.89.